The molecule has 4 aromatic rings. The van der Waals surface area contributed by atoms with Crippen LogP contribution in [0, 0.1) is 22.7 Å². The zero-order valence-electron chi connectivity index (χ0n) is 50.8. The lowest BCUT2D eigenvalue weighted by molar-refractivity contribution is -0.162. The van der Waals surface area contributed by atoms with E-state index in [9.17, 15) is 58.9 Å². The minimum Gasteiger partial charge on any atom is -0.462 e. The molecule has 35 heteroatoms. The molecule has 0 spiro atoms. The SMILES string of the molecule is CC(=O)O[C@@H]1[C@@H](COP(=O)(N[C@@H](C)C(=O)OC(C)C)N[C@@H](C)C(=O)OC(C)C)O[C@@](C#N)(c2ccc3c(N)ncnn23)[C@]1(C)O.CC(C)OC(=O)[C@H](C)NP(=O)(N[C@@H](C)C(=O)OC(C)C)OC[C@H]1O[C@@](C#N)(c2ccc3c(N)ncnn23)[C@](C)(O)[C@@H]1O. The lowest BCUT2D eigenvalue weighted by atomic mass is 9.80. The maximum atomic E-state index is 14.1. The molecule has 0 amide bonds. The Kier molecular flexibility index (Phi) is 22.9. The summed E-state index contributed by atoms with van der Waals surface area (Å²) in [4.78, 5) is 70.0. The number of anilines is 2. The van der Waals surface area contributed by atoms with Gasteiger partial charge in [0, 0.05) is 6.92 Å². The summed E-state index contributed by atoms with van der Waals surface area (Å²) in [6.45, 7) is 20.8. The molecule has 0 aliphatic carbocycles. The Morgan fingerprint density at radius 2 is 0.931 bits per heavy atom. The first kappa shape index (κ1) is 70.9. The molecule has 2 saturated heterocycles. The zero-order chi connectivity index (χ0) is 65.5. The van der Waals surface area contributed by atoms with E-state index in [1.165, 1.54) is 74.8 Å². The lowest BCUT2D eigenvalue weighted by Crippen LogP contribution is -2.53. The van der Waals surface area contributed by atoms with E-state index in [1.807, 2.05) is 12.1 Å². The van der Waals surface area contributed by atoms with Gasteiger partial charge < -0.3 is 69.0 Å². The normalized spacial score (nSPS) is 25.3. The van der Waals surface area contributed by atoms with E-state index in [1.54, 1.807) is 55.4 Å². The van der Waals surface area contributed by atoms with Gasteiger partial charge in [0.2, 0.25) is 11.2 Å². The second-order valence-electron chi connectivity index (χ2n) is 22.0. The molecule has 87 heavy (non-hydrogen) atoms. The summed E-state index contributed by atoms with van der Waals surface area (Å²) >= 11 is 0. The summed E-state index contributed by atoms with van der Waals surface area (Å²) < 4.78 is 80.2. The van der Waals surface area contributed by atoms with E-state index in [4.69, 9.17) is 53.7 Å². The van der Waals surface area contributed by atoms with Crippen LogP contribution in [0.15, 0.2) is 36.9 Å². The van der Waals surface area contributed by atoms with Crippen LogP contribution in [0.2, 0.25) is 0 Å². The lowest BCUT2D eigenvalue weighted by Gasteiger charge is -2.34. The fourth-order valence-electron chi connectivity index (χ4n) is 9.19. The molecule has 12 atom stereocenters. The van der Waals surface area contributed by atoms with Crippen molar-refractivity contribution in [3.05, 3.63) is 48.3 Å². The van der Waals surface area contributed by atoms with E-state index in [2.05, 4.69) is 40.5 Å². The first-order chi connectivity index (χ1) is 40.3. The minimum atomic E-state index is -4.37. The van der Waals surface area contributed by atoms with Crippen LogP contribution in [0.4, 0.5) is 11.6 Å². The van der Waals surface area contributed by atoms with E-state index in [0.717, 1.165) is 19.6 Å². The number of nitriles is 2. The third-order valence-corrected chi connectivity index (χ3v) is 17.2. The number of esters is 5. The number of nitrogens with zero attached hydrogens (tertiary/aromatic N) is 8. The number of ether oxygens (including phenoxy) is 7. The minimum absolute atomic E-state index is 0.0355. The molecule has 2 fully saturated rings. The van der Waals surface area contributed by atoms with Crippen molar-refractivity contribution >= 4 is 67.9 Å². The maximum absolute atomic E-state index is 14.1. The van der Waals surface area contributed by atoms with Gasteiger partial charge in [0.1, 0.15) is 89.5 Å². The van der Waals surface area contributed by atoms with Crippen molar-refractivity contribution in [2.24, 2.45) is 0 Å². The van der Waals surface area contributed by atoms with Gasteiger partial charge in [0.25, 0.3) is 0 Å². The highest BCUT2D eigenvalue weighted by Crippen LogP contribution is 2.51. The van der Waals surface area contributed by atoms with Crippen LogP contribution in [-0.2, 0) is 86.5 Å². The fourth-order valence-corrected chi connectivity index (χ4v) is 12.8. The van der Waals surface area contributed by atoms with E-state index in [-0.39, 0.29) is 23.0 Å². The first-order valence-electron chi connectivity index (χ1n) is 27.4. The fraction of sp³-hybridized carbons (Fsp3) is 0.635. The van der Waals surface area contributed by atoms with Crippen LogP contribution in [0.5, 0.6) is 0 Å². The van der Waals surface area contributed by atoms with Crippen LogP contribution in [0.1, 0.15) is 115 Å². The van der Waals surface area contributed by atoms with Crippen molar-refractivity contribution in [3.63, 3.8) is 0 Å². The average Bonchev–Trinajstić information content (AvgIpc) is 1.58. The van der Waals surface area contributed by atoms with E-state index < -0.39 is 154 Å². The highest BCUT2D eigenvalue weighted by Gasteiger charge is 2.68. The van der Waals surface area contributed by atoms with Crippen LogP contribution in [0.3, 0.4) is 0 Å². The Morgan fingerprint density at radius 1 is 0.609 bits per heavy atom. The molecule has 0 aromatic carbocycles. The van der Waals surface area contributed by atoms with Crippen molar-refractivity contribution < 1.29 is 90.6 Å². The molecule has 33 nitrogen and oxygen atoms in total. The van der Waals surface area contributed by atoms with E-state index >= 15 is 0 Å². The number of hydrogen-bond donors (Lipinski definition) is 9. The third kappa shape index (κ3) is 15.7. The number of hydrogen-bond acceptors (Lipinski definition) is 27. The summed E-state index contributed by atoms with van der Waals surface area (Å²) in [5.41, 5.74) is 3.73. The Balaban J connectivity index is 0.000000318. The molecule has 2 aliphatic heterocycles. The van der Waals surface area contributed by atoms with E-state index in [0.29, 0.717) is 11.0 Å². The largest absolute Gasteiger partial charge is 0.462 e. The van der Waals surface area contributed by atoms with Crippen LogP contribution >= 0.6 is 15.3 Å². The first-order valence-corrected chi connectivity index (χ1v) is 30.7. The second kappa shape index (κ2) is 28.1. The van der Waals surface area contributed by atoms with Gasteiger partial charge >= 0.3 is 45.2 Å². The second-order valence-corrected chi connectivity index (χ2v) is 25.8. The molecule has 6 rings (SSSR count). The number of aromatic nitrogens is 6. The van der Waals surface area contributed by atoms with Gasteiger partial charge in [-0.1, -0.05) is 0 Å². The standard InChI is InChI=1S/C27H40N7O10P.C25H38N7O9P/c1-14(2)41-24(36)16(5)32-45(39,33-17(6)25(37)42-15(3)4)40-11-20-22(43-18(7)35)26(8,38)27(12-28,44-20)21-10-9-19-23(29)30-13-31-34(19)21;1-13(2)39-22(34)15(5)30-42(37,31-16(6)23(35)40-14(3)4)38-10-18-20(33)24(7,36)25(11-26,41-18)19-9-8-17-21(27)28-12-29-32(17)19/h9-10,13-17,20,22,38H,11H2,1-8H3,(H2,29,30,31)(H2,32,33,39);8-9,12-16,18,20,33,36H,10H2,1-7H3,(H2,27,28,29)(H2,30,31,37)/t16-,17-,20+,22+,26+,27-;15-,16-,18+,20+,24+,25-/m00/s1. The number of nitrogens with two attached hydrogens (primary N) is 2. The number of nitrogen functional groups attached to an aromatic ring is 2. The predicted octanol–water partition coefficient (Wildman–Crippen LogP) is 1.62. The summed E-state index contributed by atoms with van der Waals surface area (Å²) in [7, 11) is -8.67. The number of fused-ring (bicyclic) bond motifs is 2. The molecule has 0 unspecified atom stereocenters. The molecular formula is C52H78N14O19P2. The number of nitrogens with one attached hydrogen (secondary N) is 4. The Labute approximate surface area is 501 Å². The van der Waals surface area contributed by atoms with Crippen LogP contribution in [0.25, 0.3) is 11.0 Å². The summed E-state index contributed by atoms with van der Waals surface area (Å²) in [5, 5.41) is 73.4. The summed E-state index contributed by atoms with van der Waals surface area (Å²) in [6, 6.07) is 5.16. The molecular weight excluding hydrogens is 1190 g/mol. The van der Waals surface area contributed by atoms with Gasteiger partial charge in [0.15, 0.2) is 17.7 Å². The topological polar surface area (TPSA) is 471 Å². The average molecular weight is 1270 g/mol. The monoisotopic (exact) mass is 1260 g/mol. The molecule has 0 bridgehead atoms. The highest BCUT2D eigenvalue weighted by atomic mass is 31.2. The third-order valence-electron chi connectivity index (χ3n) is 13.3. The molecule has 6 heterocycles. The van der Waals surface area contributed by atoms with Gasteiger partial charge in [-0.05, 0) is 121 Å². The number of carbonyl (C=O) groups is 5. The molecule has 0 radical (unpaired) electrons. The predicted molar refractivity (Wildman–Crippen MR) is 304 cm³/mol. The maximum Gasteiger partial charge on any atom is 0.342 e. The van der Waals surface area contributed by atoms with Crippen LogP contribution < -0.4 is 31.8 Å². The quantitative estimate of drug-likeness (QED) is 0.0259. The Bertz CT molecular complexity index is 3260. The highest BCUT2D eigenvalue weighted by molar-refractivity contribution is 7.55. The number of aliphatic hydroxyl groups excluding tert-OH is 1. The van der Waals surface area contributed by atoms with Crippen molar-refractivity contribution in [1.29, 1.82) is 10.5 Å². The number of carbonyl (C=O) groups excluding carboxylic acids is 5. The van der Waals surface area contributed by atoms with Gasteiger partial charge in [-0.3, -0.25) is 33.1 Å². The van der Waals surface area contributed by atoms with Gasteiger partial charge in [-0.2, -0.15) is 20.7 Å². The molecule has 480 valence electrons. The van der Waals surface area contributed by atoms with Gasteiger partial charge in [0.05, 0.1) is 49.0 Å². The number of rotatable bonds is 25. The Hall–Kier alpha value is -6.81. The smallest absolute Gasteiger partial charge is 0.342 e. The van der Waals surface area contributed by atoms with Gasteiger partial charge in [-0.15, -0.1) is 0 Å². The summed E-state index contributed by atoms with van der Waals surface area (Å²) in [6.07, 6.45) is -5.66. The summed E-state index contributed by atoms with van der Waals surface area (Å²) in [5.74, 6) is -3.60. The number of aliphatic hydroxyl groups is 3. The molecule has 11 N–H and O–H groups in total. The zero-order valence-corrected chi connectivity index (χ0v) is 52.6. The van der Waals surface area contributed by atoms with Crippen LogP contribution in [-0.4, -0.2) is 172 Å². The van der Waals surface area contributed by atoms with Crippen molar-refractivity contribution in [3.8, 4) is 12.1 Å². The molecule has 4 aromatic heterocycles. The van der Waals surface area contributed by atoms with Crippen molar-refractivity contribution in [2.75, 3.05) is 24.7 Å². The molecule has 2 aliphatic rings. The molecule has 0 saturated carbocycles. The Morgan fingerprint density at radius 3 is 1.25 bits per heavy atom. The van der Waals surface area contributed by atoms with Gasteiger partial charge in [-0.25, -0.2) is 39.3 Å². The van der Waals surface area contributed by atoms with Crippen molar-refractivity contribution in [1.82, 2.24) is 49.5 Å². The van der Waals surface area contributed by atoms with Crippen molar-refractivity contribution in [2.45, 2.75) is 199 Å².